The summed E-state index contributed by atoms with van der Waals surface area (Å²) >= 11 is 0. The van der Waals surface area contributed by atoms with Crippen molar-refractivity contribution >= 4 is 0 Å². The molecule has 1 heterocycles. The molecule has 2 rings (SSSR count). The van der Waals surface area contributed by atoms with Crippen LogP contribution in [-0.4, -0.2) is 22.9 Å². The summed E-state index contributed by atoms with van der Waals surface area (Å²) in [6.07, 6.45) is 16.6. The highest BCUT2D eigenvalue weighted by molar-refractivity contribution is 5.43. The minimum absolute atomic E-state index is 0.0457. The van der Waals surface area contributed by atoms with E-state index < -0.39 is 11.2 Å². The van der Waals surface area contributed by atoms with Gasteiger partial charge in [-0.05, 0) is 79.4 Å². The molecule has 0 aliphatic carbocycles. The first-order valence-electron chi connectivity index (χ1n) is 10.2. The highest BCUT2D eigenvalue weighted by Gasteiger charge is 2.46. The van der Waals surface area contributed by atoms with Crippen molar-refractivity contribution in [2.45, 2.75) is 90.6 Å². The lowest BCUT2D eigenvalue weighted by molar-refractivity contribution is 0.160. The van der Waals surface area contributed by atoms with Gasteiger partial charge < -0.3 is 14.2 Å². The molecule has 1 aliphatic rings. The average Bonchev–Trinajstić information content (AvgIpc) is 3.25. The molecule has 0 unspecified atom stereocenters. The molecule has 1 aromatic rings. The molecule has 1 aliphatic heterocycles. The molecule has 0 spiro atoms. The Hall–Kier alpha value is -2.36. The van der Waals surface area contributed by atoms with Crippen LogP contribution in [0.2, 0.25) is 0 Å². The normalized spacial score (nSPS) is 18.5. The lowest BCUT2D eigenvalue weighted by atomic mass is 10.0. The highest BCUT2D eigenvalue weighted by Crippen LogP contribution is 2.39. The van der Waals surface area contributed by atoms with E-state index in [0.29, 0.717) is 17.6 Å². The zero-order valence-electron chi connectivity index (χ0n) is 18.9. The summed E-state index contributed by atoms with van der Waals surface area (Å²) in [6, 6.07) is 5.81. The summed E-state index contributed by atoms with van der Waals surface area (Å²) in [7, 11) is 0. The van der Waals surface area contributed by atoms with Crippen molar-refractivity contribution < 1.29 is 14.2 Å². The van der Waals surface area contributed by atoms with Crippen molar-refractivity contribution in [2.75, 3.05) is 0 Å². The van der Waals surface area contributed by atoms with Crippen molar-refractivity contribution in [3.05, 3.63) is 35.4 Å². The Labute approximate surface area is 176 Å². The van der Waals surface area contributed by atoms with E-state index in [-0.39, 0.29) is 5.60 Å². The maximum atomic E-state index is 6.12. The number of terminal acetylenes is 2. The highest BCUT2D eigenvalue weighted by atomic mass is 16.6. The summed E-state index contributed by atoms with van der Waals surface area (Å²) in [5.41, 5.74) is 1.02. The fourth-order valence-corrected chi connectivity index (χ4v) is 2.97. The van der Waals surface area contributed by atoms with Crippen LogP contribution >= 0.6 is 0 Å². The molecule has 156 valence electrons. The number of allylic oxidation sites excluding steroid dienone is 2. The van der Waals surface area contributed by atoms with E-state index in [4.69, 9.17) is 27.1 Å². The van der Waals surface area contributed by atoms with Crippen LogP contribution in [0.1, 0.15) is 66.9 Å². The first kappa shape index (κ1) is 22.9. The van der Waals surface area contributed by atoms with Gasteiger partial charge in [-0.3, -0.25) is 0 Å². The fraction of sp³-hybridized carbons (Fsp3) is 0.538. The van der Waals surface area contributed by atoms with Crippen molar-refractivity contribution in [2.24, 2.45) is 0 Å². The molecule has 0 radical (unpaired) electrons. The van der Waals surface area contributed by atoms with Crippen LogP contribution < -0.4 is 9.47 Å². The van der Waals surface area contributed by atoms with Crippen LogP contribution in [-0.2, 0) is 11.2 Å². The van der Waals surface area contributed by atoms with Crippen LogP contribution in [0, 0.1) is 24.7 Å². The van der Waals surface area contributed by atoms with Gasteiger partial charge in [0, 0.05) is 6.07 Å². The summed E-state index contributed by atoms with van der Waals surface area (Å²) in [4.78, 5) is 0. The maximum Gasteiger partial charge on any atom is 0.163 e. The van der Waals surface area contributed by atoms with Crippen molar-refractivity contribution in [3.63, 3.8) is 0 Å². The second-order valence-electron chi connectivity index (χ2n) is 9.29. The third-order valence-corrected chi connectivity index (χ3v) is 5.11. The summed E-state index contributed by atoms with van der Waals surface area (Å²) in [5, 5.41) is 0. The number of rotatable bonds is 9. The Bertz CT molecular complexity index is 844. The molecule has 0 aromatic heterocycles. The molecule has 1 atom stereocenters. The van der Waals surface area contributed by atoms with Gasteiger partial charge in [0.1, 0.15) is 11.5 Å². The number of benzene rings is 1. The number of hydrogen-bond acceptors (Lipinski definition) is 3. The molecule has 1 fully saturated rings. The fourth-order valence-electron chi connectivity index (χ4n) is 2.97. The molecule has 29 heavy (non-hydrogen) atoms. The number of hydrogen-bond donors (Lipinski definition) is 0. The molecule has 0 N–H and O–H groups in total. The summed E-state index contributed by atoms with van der Waals surface area (Å²) < 4.78 is 17.7. The van der Waals surface area contributed by atoms with Crippen molar-refractivity contribution in [1.82, 2.24) is 0 Å². The Morgan fingerprint density at radius 1 is 1.14 bits per heavy atom. The molecule has 1 saturated heterocycles. The monoisotopic (exact) mass is 394 g/mol. The molecular formula is C26H34O3. The molecule has 0 amide bonds. The van der Waals surface area contributed by atoms with E-state index in [1.807, 2.05) is 45.9 Å². The van der Waals surface area contributed by atoms with Crippen molar-refractivity contribution in [1.29, 1.82) is 0 Å². The molecule has 0 bridgehead atoms. The standard InChI is InChI=1S/C26H34O3/c1-10-24(4,5)27-21-16-15-20(22(18-21)28-25(6,7)11-2)14-12-19(3)13-17-23-26(8,9)29-23/h1-2,12,15-16,18,23H,13-14,17H2,3-9H3/b19-12+/t23-/m0/s1. The quantitative estimate of drug-likeness (QED) is 0.305. The predicted molar refractivity (Wildman–Crippen MR) is 119 cm³/mol. The zero-order valence-corrected chi connectivity index (χ0v) is 18.9. The first-order valence-corrected chi connectivity index (χ1v) is 10.2. The SMILES string of the molecule is C#CC(C)(C)Oc1ccc(C/C=C(\C)CC[C@@H]2OC2(C)C)c(OC(C)(C)C#C)c1. The third-order valence-electron chi connectivity index (χ3n) is 5.11. The average molecular weight is 395 g/mol. The Balaban J connectivity index is 2.15. The zero-order chi connectivity index (χ0) is 21.9. The first-order chi connectivity index (χ1) is 13.4. The van der Waals surface area contributed by atoms with Gasteiger partial charge in [-0.2, -0.15) is 0 Å². The summed E-state index contributed by atoms with van der Waals surface area (Å²) in [5.74, 6) is 6.70. The van der Waals surface area contributed by atoms with Gasteiger partial charge in [-0.1, -0.05) is 29.6 Å². The molecule has 3 nitrogen and oxygen atoms in total. The van der Waals surface area contributed by atoms with E-state index in [0.717, 1.165) is 24.8 Å². The Morgan fingerprint density at radius 3 is 2.28 bits per heavy atom. The minimum Gasteiger partial charge on any atom is -0.475 e. The number of epoxide rings is 1. The van der Waals surface area contributed by atoms with E-state index in [2.05, 4.69) is 38.7 Å². The van der Waals surface area contributed by atoms with Gasteiger partial charge in [0.2, 0.25) is 0 Å². The molecule has 1 aromatic carbocycles. The largest absolute Gasteiger partial charge is 0.475 e. The van der Waals surface area contributed by atoms with E-state index >= 15 is 0 Å². The molecular weight excluding hydrogens is 360 g/mol. The second kappa shape index (κ2) is 8.56. The Morgan fingerprint density at radius 2 is 1.72 bits per heavy atom. The lowest BCUT2D eigenvalue weighted by Crippen LogP contribution is -2.27. The predicted octanol–water partition coefficient (Wildman–Crippen LogP) is 5.71. The maximum absolute atomic E-state index is 6.12. The van der Waals surface area contributed by atoms with Gasteiger partial charge in [0.25, 0.3) is 0 Å². The topological polar surface area (TPSA) is 31.0 Å². The Kier molecular flexibility index (Phi) is 6.77. The van der Waals surface area contributed by atoms with Gasteiger partial charge >= 0.3 is 0 Å². The number of ether oxygens (including phenoxy) is 3. The van der Waals surface area contributed by atoms with Crippen LogP contribution in [0.5, 0.6) is 11.5 Å². The molecule has 3 heteroatoms. The lowest BCUT2D eigenvalue weighted by Gasteiger charge is -2.25. The minimum atomic E-state index is -0.720. The smallest absolute Gasteiger partial charge is 0.163 e. The van der Waals surface area contributed by atoms with Gasteiger partial charge in [0.05, 0.1) is 11.7 Å². The van der Waals surface area contributed by atoms with E-state index in [1.165, 1.54) is 5.57 Å². The second-order valence-corrected chi connectivity index (χ2v) is 9.29. The van der Waals surface area contributed by atoms with Crippen LogP contribution in [0.4, 0.5) is 0 Å². The van der Waals surface area contributed by atoms with Gasteiger partial charge in [-0.25, -0.2) is 0 Å². The van der Waals surface area contributed by atoms with Gasteiger partial charge in [0.15, 0.2) is 11.2 Å². The van der Waals surface area contributed by atoms with Crippen LogP contribution in [0.25, 0.3) is 0 Å². The van der Waals surface area contributed by atoms with Crippen molar-refractivity contribution in [3.8, 4) is 36.2 Å². The van der Waals surface area contributed by atoms with Crippen LogP contribution in [0.15, 0.2) is 29.8 Å². The van der Waals surface area contributed by atoms with Crippen LogP contribution in [0.3, 0.4) is 0 Å². The molecule has 0 saturated carbocycles. The van der Waals surface area contributed by atoms with E-state index in [1.54, 1.807) is 0 Å². The summed E-state index contributed by atoms with van der Waals surface area (Å²) in [6.45, 7) is 13.9. The third kappa shape index (κ3) is 6.88. The van der Waals surface area contributed by atoms with Gasteiger partial charge in [-0.15, -0.1) is 12.8 Å². The van der Waals surface area contributed by atoms with E-state index in [9.17, 15) is 0 Å².